The molecule has 0 fully saturated rings. The molecule has 0 saturated carbocycles. The van der Waals surface area contributed by atoms with Gasteiger partial charge in [-0.2, -0.15) is 0 Å². The van der Waals surface area contributed by atoms with Gasteiger partial charge in [-0.1, -0.05) is 31.2 Å². The summed E-state index contributed by atoms with van der Waals surface area (Å²) in [6.07, 6.45) is 1.56. The van der Waals surface area contributed by atoms with E-state index in [-0.39, 0.29) is 5.75 Å². The summed E-state index contributed by atoms with van der Waals surface area (Å²) in [6, 6.07) is 8.25. The molecular weight excluding hydrogens is 236 g/mol. The van der Waals surface area contributed by atoms with Crippen LogP contribution in [0.2, 0.25) is 0 Å². The van der Waals surface area contributed by atoms with Gasteiger partial charge in [-0.3, -0.25) is 0 Å². The molecule has 1 aromatic carbocycles. The molecule has 0 aliphatic heterocycles. The lowest BCUT2D eigenvalue weighted by atomic mass is 10.1. The van der Waals surface area contributed by atoms with Crippen molar-refractivity contribution in [3.05, 3.63) is 35.4 Å². The van der Waals surface area contributed by atoms with Crippen LogP contribution < -0.4 is 10.5 Å². The molecule has 0 atom stereocenters. The first kappa shape index (κ1) is 14.2. The van der Waals surface area contributed by atoms with Crippen molar-refractivity contribution in [2.75, 3.05) is 12.3 Å². The number of aryl methyl sites for hydroxylation is 1. The third-order valence-electron chi connectivity index (χ3n) is 2.60. The molecule has 0 radical (unpaired) electrons. The SMILES string of the molecule is CCc1ccccc1CNCCCS(N)(=O)=O. The minimum atomic E-state index is -3.32. The van der Waals surface area contributed by atoms with Gasteiger partial charge >= 0.3 is 0 Å². The second kappa shape index (κ2) is 6.74. The number of nitrogens with one attached hydrogen (secondary N) is 1. The number of hydrogen-bond donors (Lipinski definition) is 2. The second-order valence-corrected chi connectivity index (χ2v) is 5.75. The first-order valence-electron chi connectivity index (χ1n) is 5.81. The molecule has 17 heavy (non-hydrogen) atoms. The maximum atomic E-state index is 10.7. The Morgan fingerprint density at radius 1 is 1.24 bits per heavy atom. The van der Waals surface area contributed by atoms with Crippen molar-refractivity contribution in [3.63, 3.8) is 0 Å². The van der Waals surface area contributed by atoms with Crippen molar-refractivity contribution < 1.29 is 8.42 Å². The van der Waals surface area contributed by atoms with Crippen molar-refractivity contribution in [2.45, 2.75) is 26.3 Å². The average Bonchev–Trinajstić information content (AvgIpc) is 2.27. The fourth-order valence-corrected chi connectivity index (χ4v) is 2.24. The fraction of sp³-hybridized carbons (Fsp3) is 0.500. The summed E-state index contributed by atoms with van der Waals surface area (Å²) in [7, 11) is -3.32. The Bertz CT molecular complexity index is 444. The van der Waals surface area contributed by atoms with E-state index in [0.717, 1.165) is 13.0 Å². The second-order valence-electron chi connectivity index (χ2n) is 4.02. The lowest BCUT2D eigenvalue weighted by Crippen LogP contribution is -2.22. The van der Waals surface area contributed by atoms with Gasteiger partial charge in [0.15, 0.2) is 0 Å². The van der Waals surface area contributed by atoms with Gasteiger partial charge in [0.1, 0.15) is 0 Å². The van der Waals surface area contributed by atoms with E-state index < -0.39 is 10.0 Å². The quantitative estimate of drug-likeness (QED) is 0.715. The van der Waals surface area contributed by atoms with Gasteiger partial charge in [0.05, 0.1) is 5.75 Å². The summed E-state index contributed by atoms with van der Waals surface area (Å²) in [5, 5.41) is 8.15. The molecule has 0 unspecified atom stereocenters. The summed E-state index contributed by atoms with van der Waals surface area (Å²) in [5.74, 6) is 0.0371. The summed E-state index contributed by atoms with van der Waals surface area (Å²) >= 11 is 0. The van der Waals surface area contributed by atoms with Crippen LogP contribution in [0.3, 0.4) is 0 Å². The molecule has 0 aliphatic carbocycles. The Morgan fingerprint density at radius 2 is 1.88 bits per heavy atom. The van der Waals surface area contributed by atoms with Crippen LogP contribution in [-0.4, -0.2) is 20.7 Å². The molecule has 0 amide bonds. The van der Waals surface area contributed by atoms with Gasteiger partial charge in [-0.25, -0.2) is 13.6 Å². The molecule has 1 rings (SSSR count). The van der Waals surface area contributed by atoms with E-state index >= 15 is 0 Å². The lowest BCUT2D eigenvalue weighted by molar-refractivity contribution is 0.590. The zero-order valence-electron chi connectivity index (χ0n) is 10.1. The Balaban J connectivity index is 2.31. The van der Waals surface area contributed by atoms with Crippen LogP contribution in [0.25, 0.3) is 0 Å². The van der Waals surface area contributed by atoms with Gasteiger partial charge in [-0.15, -0.1) is 0 Å². The molecule has 0 spiro atoms. The number of primary sulfonamides is 1. The number of sulfonamides is 1. The maximum Gasteiger partial charge on any atom is 0.209 e. The van der Waals surface area contributed by atoms with Crippen LogP contribution in [0.4, 0.5) is 0 Å². The number of hydrogen-bond acceptors (Lipinski definition) is 3. The molecule has 4 nitrogen and oxygen atoms in total. The summed E-state index contributed by atoms with van der Waals surface area (Å²) in [4.78, 5) is 0. The number of rotatable bonds is 7. The first-order chi connectivity index (χ1) is 8.03. The van der Waals surface area contributed by atoms with Crippen LogP contribution in [0, 0.1) is 0 Å². The Labute approximate surface area is 103 Å². The number of benzene rings is 1. The Morgan fingerprint density at radius 3 is 2.47 bits per heavy atom. The van der Waals surface area contributed by atoms with Crippen molar-refractivity contribution in [3.8, 4) is 0 Å². The van der Waals surface area contributed by atoms with Gasteiger partial charge in [0, 0.05) is 6.54 Å². The van der Waals surface area contributed by atoms with Gasteiger partial charge in [0.2, 0.25) is 10.0 Å². The van der Waals surface area contributed by atoms with Crippen LogP contribution in [-0.2, 0) is 23.0 Å². The van der Waals surface area contributed by atoms with Crippen LogP contribution >= 0.6 is 0 Å². The van der Waals surface area contributed by atoms with Crippen molar-refractivity contribution in [1.82, 2.24) is 5.32 Å². The van der Waals surface area contributed by atoms with E-state index in [4.69, 9.17) is 5.14 Å². The molecule has 0 saturated heterocycles. The van der Waals surface area contributed by atoms with Gasteiger partial charge in [-0.05, 0) is 30.5 Å². The third kappa shape index (κ3) is 5.81. The minimum Gasteiger partial charge on any atom is -0.313 e. The highest BCUT2D eigenvalue weighted by Gasteiger charge is 2.02. The van der Waals surface area contributed by atoms with E-state index in [1.807, 2.05) is 12.1 Å². The monoisotopic (exact) mass is 256 g/mol. The van der Waals surface area contributed by atoms with E-state index in [9.17, 15) is 8.42 Å². The number of nitrogens with two attached hydrogens (primary N) is 1. The fourth-order valence-electron chi connectivity index (χ4n) is 1.70. The predicted molar refractivity (Wildman–Crippen MR) is 70.1 cm³/mol. The zero-order chi connectivity index (χ0) is 12.7. The van der Waals surface area contributed by atoms with E-state index in [1.165, 1.54) is 11.1 Å². The third-order valence-corrected chi connectivity index (χ3v) is 3.45. The molecule has 5 heteroatoms. The Hall–Kier alpha value is -0.910. The maximum absolute atomic E-state index is 10.7. The topological polar surface area (TPSA) is 72.2 Å². The lowest BCUT2D eigenvalue weighted by Gasteiger charge is -2.08. The molecule has 3 N–H and O–H groups in total. The van der Waals surface area contributed by atoms with Crippen LogP contribution in [0.5, 0.6) is 0 Å². The highest BCUT2D eigenvalue weighted by Crippen LogP contribution is 2.08. The predicted octanol–water partition coefficient (Wildman–Crippen LogP) is 1.02. The molecule has 0 heterocycles. The average molecular weight is 256 g/mol. The molecule has 0 bridgehead atoms. The molecule has 0 aromatic heterocycles. The van der Waals surface area contributed by atoms with E-state index in [1.54, 1.807) is 0 Å². The molecule has 1 aromatic rings. The molecule has 0 aliphatic rings. The smallest absolute Gasteiger partial charge is 0.209 e. The Kier molecular flexibility index (Phi) is 5.61. The molecular formula is C12H20N2O2S. The minimum absolute atomic E-state index is 0.0371. The van der Waals surface area contributed by atoms with Crippen LogP contribution in [0.15, 0.2) is 24.3 Å². The summed E-state index contributed by atoms with van der Waals surface area (Å²) in [5.41, 5.74) is 2.59. The van der Waals surface area contributed by atoms with Gasteiger partial charge < -0.3 is 5.32 Å². The van der Waals surface area contributed by atoms with E-state index in [0.29, 0.717) is 13.0 Å². The van der Waals surface area contributed by atoms with E-state index in [2.05, 4.69) is 24.4 Å². The molecule has 96 valence electrons. The zero-order valence-corrected chi connectivity index (χ0v) is 11.0. The standard InChI is InChI=1S/C12H20N2O2S/c1-2-11-6-3-4-7-12(11)10-14-8-5-9-17(13,15)16/h3-4,6-7,14H,2,5,8-10H2,1H3,(H2,13,15,16). The summed E-state index contributed by atoms with van der Waals surface area (Å²) in [6.45, 7) is 3.56. The highest BCUT2D eigenvalue weighted by atomic mass is 32.2. The van der Waals surface area contributed by atoms with Crippen molar-refractivity contribution in [1.29, 1.82) is 0 Å². The van der Waals surface area contributed by atoms with Crippen molar-refractivity contribution >= 4 is 10.0 Å². The van der Waals surface area contributed by atoms with Crippen LogP contribution in [0.1, 0.15) is 24.5 Å². The normalized spacial score (nSPS) is 11.6. The van der Waals surface area contributed by atoms with Crippen molar-refractivity contribution in [2.24, 2.45) is 5.14 Å². The summed E-state index contributed by atoms with van der Waals surface area (Å²) < 4.78 is 21.4. The largest absolute Gasteiger partial charge is 0.313 e. The highest BCUT2D eigenvalue weighted by molar-refractivity contribution is 7.89. The van der Waals surface area contributed by atoms with Gasteiger partial charge in [0.25, 0.3) is 0 Å². The first-order valence-corrected chi connectivity index (χ1v) is 7.52.